The van der Waals surface area contributed by atoms with Crippen molar-refractivity contribution in [1.29, 1.82) is 0 Å². The molecule has 0 aliphatic carbocycles. The van der Waals surface area contributed by atoms with E-state index in [2.05, 4.69) is 10.1 Å². The molecule has 0 spiro atoms. The first-order valence-corrected chi connectivity index (χ1v) is 8.17. The van der Waals surface area contributed by atoms with Crippen molar-refractivity contribution in [2.24, 2.45) is 0 Å². The summed E-state index contributed by atoms with van der Waals surface area (Å²) in [4.78, 5) is 18.4. The number of fused-ring (bicyclic) bond motifs is 1. The molecule has 3 rings (SSSR count). The predicted octanol–water partition coefficient (Wildman–Crippen LogP) is 2.32. The molecule has 0 atom stereocenters. The van der Waals surface area contributed by atoms with Gasteiger partial charge in [-0.2, -0.15) is 5.10 Å². The molecule has 0 unspecified atom stereocenters. The number of carbonyl (C=O) groups is 1. The van der Waals surface area contributed by atoms with E-state index in [1.807, 2.05) is 35.0 Å². The number of amides is 1. The number of hydrogen-bond acceptors (Lipinski definition) is 4. The van der Waals surface area contributed by atoms with Gasteiger partial charge in [-0.25, -0.2) is 9.67 Å². The first-order valence-electron chi connectivity index (χ1n) is 8.17. The van der Waals surface area contributed by atoms with Gasteiger partial charge in [-0.3, -0.25) is 4.79 Å². The number of likely N-dealkylation sites (N-methyl/N-ethyl adjacent to an activating group) is 1. The van der Waals surface area contributed by atoms with Crippen molar-refractivity contribution in [1.82, 2.24) is 19.7 Å². The zero-order valence-corrected chi connectivity index (χ0v) is 14.7. The molecular weight excluding hydrogens is 316 g/mol. The summed E-state index contributed by atoms with van der Waals surface area (Å²) in [6, 6.07) is 11.8. The number of hydrogen-bond donors (Lipinski definition) is 1. The zero-order valence-electron chi connectivity index (χ0n) is 14.7. The number of benzene rings is 1. The molecule has 0 aliphatic heterocycles. The molecule has 6 nitrogen and oxygen atoms in total. The van der Waals surface area contributed by atoms with E-state index in [-0.39, 0.29) is 12.5 Å². The monoisotopic (exact) mass is 338 g/mol. The van der Waals surface area contributed by atoms with Crippen LogP contribution in [0.15, 0.2) is 48.8 Å². The van der Waals surface area contributed by atoms with E-state index in [1.54, 1.807) is 39.4 Å². The van der Waals surface area contributed by atoms with Crippen molar-refractivity contribution < 1.29 is 9.90 Å². The van der Waals surface area contributed by atoms with E-state index in [9.17, 15) is 9.90 Å². The second kappa shape index (κ2) is 6.64. The fraction of sp³-hybridized carbons (Fsp3) is 0.316. The Morgan fingerprint density at radius 2 is 1.96 bits per heavy atom. The second-order valence-electron chi connectivity index (χ2n) is 6.90. The van der Waals surface area contributed by atoms with Gasteiger partial charge >= 0.3 is 0 Å². The van der Waals surface area contributed by atoms with Gasteiger partial charge < -0.3 is 10.0 Å². The molecule has 25 heavy (non-hydrogen) atoms. The Hall–Kier alpha value is -2.73. The summed E-state index contributed by atoms with van der Waals surface area (Å²) in [6.07, 6.45) is 3.28. The summed E-state index contributed by atoms with van der Waals surface area (Å²) in [5.74, 6) is -0.174. The Balaban J connectivity index is 1.83. The Morgan fingerprint density at radius 3 is 2.64 bits per heavy atom. The van der Waals surface area contributed by atoms with Crippen molar-refractivity contribution in [3.05, 3.63) is 59.9 Å². The minimum Gasteiger partial charge on any atom is -0.389 e. The molecule has 1 amide bonds. The molecule has 6 heteroatoms. The lowest BCUT2D eigenvalue weighted by Gasteiger charge is -2.25. The van der Waals surface area contributed by atoms with Crippen molar-refractivity contribution in [2.75, 3.05) is 13.6 Å². The van der Waals surface area contributed by atoms with Gasteiger partial charge in [0.1, 0.15) is 0 Å². The lowest BCUT2D eigenvalue weighted by Crippen LogP contribution is -2.39. The number of aliphatic hydroxyl groups is 1. The van der Waals surface area contributed by atoms with Crippen LogP contribution < -0.4 is 0 Å². The van der Waals surface area contributed by atoms with Gasteiger partial charge in [0.15, 0.2) is 5.65 Å². The van der Waals surface area contributed by atoms with Gasteiger partial charge in [-0.1, -0.05) is 30.3 Å². The fourth-order valence-electron chi connectivity index (χ4n) is 2.83. The molecule has 0 fully saturated rings. The van der Waals surface area contributed by atoms with Crippen molar-refractivity contribution in [3.8, 4) is 0 Å². The van der Waals surface area contributed by atoms with Gasteiger partial charge in [-0.15, -0.1) is 0 Å². The van der Waals surface area contributed by atoms with Crippen LogP contribution >= 0.6 is 0 Å². The summed E-state index contributed by atoms with van der Waals surface area (Å²) >= 11 is 0. The maximum atomic E-state index is 12.5. The Bertz CT molecular complexity index is 881. The first-order chi connectivity index (χ1) is 11.8. The van der Waals surface area contributed by atoms with Crippen LogP contribution in [-0.2, 0) is 6.54 Å². The number of carbonyl (C=O) groups excluding carboxylic acids is 1. The summed E-state index contributed by atoms with van der Waals surface area (Å²) in [7, 11) is 1.67. The SMILES string of the molecule is CN(CC(C)(C)O)C(=O)c1cnc2c(cnn2Cc2ccccc2)c1. The van der Waals surface area contributed by atoms with Gasteiger partial charge in [0.2, 0.25) is 0 Å². The zero-order chi connectivity index (χ0) is 18.0. The third kappa shape index (κ3) is 4.03. The van der Waals surface area contributed by atoms with E-state index < -0.39 is 5.60 Å². The molecule has 2 aromatic heterocycles. The van der Waals surface area contributed by atoms with Crippen LogP contribution in [0, 0.1) is 0 Å². The quantitative estimate of drug-likeness (QED) is 0.775. The average Bonchev–Trinajstić information content (AvgIpc) is 2.96. The highest BCUT2D eigenvalue weighted by Crippen LogP contribution is 2.16. The van der Waals surface area contributed by atoms with Crippen molar-refractivity contribution >= 4 is 16.9 Å². The molecule has 0 radical (unpaired) electrons. The maximum Gasteiger partial charge on any atom is 0.255 e. The maximum absolute atomic E-state index is 12.5. The van der Waals surface area contributed by atoms with Crippen LogP contribution in [0.1, 0.15) is 29.8 Å². The minimum absolute atomic E-state index is 0.174. The van der Waals surface area contributed by atoms with E-state index in [4.69, 9.17) is 0 Å². The highest BCUT2D eigenvalue weighted by Gasteiger charge is 2.21. The van der Waals surface area contributed by atoms with Gasteiger partial charge in [-0.05, 0) is 25.5 Å². The standard InChI is InChI=1S/C19H22N4O2/c1-19(2,25)13-22(3)18(24)16-9-15-11-21-23(17(15)20-10-16)12-14-7-5-4-6-8-14/h4-11,25H,12-13H2,1-3H3. The molecule has 2 heterocycles. The van der Waals surface area contributed by atoms with Crippen molar-refractivity contribution in [3.63, 3.8) is 0 Å². The molecule has 0 saturated heterocycles. The van der Waals surface area contributed by atoms with Crippen LogP contribution in [-0.4, -0.2) is 49.9 Å². The van der Waals surface area contributed by atoms with Gasteiger partial charge in [0.05, 0.1) is 23.9 Å². The largest absolute Gasteiger partial charge is 0.389 e. The average molecular weight is 338 g/mol. The Kier molecular flexibility index (Phi) is 4.55. The summed E-state index contributed by atoms with van der Waals surface area (Å²) < 4.78 is 1.82. The molecule has 1 N–H and O–H groups in total. The fourth-order valence-corrected chi connectivity index (χ4v) is 2.83. The molecule has 130 valence electrons. The Morgan fingerprint density at radius 1 is 1.24 bits per heavy atom. The van der Waals surface area contributed by atoms with Crippen LogP contribution in [0.2, 0.25) is 0 Å². The normalized spacial score (nSPS) is 11.7. The smallest absolute Gasteiger partial charge is 0.255 e. The summed E-state index contributed by atoms with van der Waals surface area (Å²) in [5.41, 5.74) is 1.42. The number of pyridine rings is 1. The predicted molar refractivity (Wildman–Crippen MR) is 96.3 cm³/mol. The molecule has 0 saturated carbocycles. The third-order valence-electron chi connectivity index (χ3n) is 3.87. The molecule has 0 aliphatic rings. The molecule has 1 aromatic carbocycles. The number of rotatable bonds is 5. The van der Waals surface area contributed by atoms with E-state index in [0.29, 0.717) is 12.1 Å². The van der Waals surface area contributed by atoms with E-state index in [0.717, 1.165) is 16.6 Å². The molecular formula is C19H22N4O2. The topological polar surface area (TPSA) is 71.2 Å². The van der Waals surface area contributed by atoms with E-state index in [1.165, 1.54) is 4.90 Å². The van der Waals surface area contributed by atoms with Gasteiger partial charge in [0.25, 0.3) is 5.91 Å². The number of aromatic nitrogens is 3. The minimum atomic E-state index is -0.942. The first kappa shape index (κ1) is 17.1. The highest BCUT2D eigenvalue weighted by atomic mass is 16.3. The summed E-state index contributed by atoms with van der Waals surface area (Å²) in [5, 5.41) is 15.1. The second-order valence-corrected chi connectivity index (χ2v) is 6.90. The lowest BCUT2D eigenvalue weighted by molar-refractivity contribution is 0.0368. The van der Waals surface area contributed by atoms with Crippen LogP contribution in [0.25, 0.3) is 11.0 Å². The lowest BCUT2D eigenvalue weighted by atomic mass is 10.1. The van der Waals surface area contributed by atoms with Crippen molar-refractivity contribution in [2.45, 2.75) is 26.0 Å². The Labute approximate surface area is 146 Å². The van der Waals surface area contributed by atoms with Crippen LogP contribution in [0.3, 0.4) is 0 Å². The highest BCUT2D eigenvalue weighted by molar-refractivity contribution is 5.96. The van der Waals surface area contributed by atoms with Crippen LogP contribution in [0.4, 0.5) is 0 Å². The third-order valence-corrected chi connectivity index (χ3v) is 3.87. The van der Waals surface area contributed by atoms with Gasteiger partial charge in [0, 0.05) is 25.2 Å². The number of nitrogens with zero attached hydrogens (tertiary/aromatic N) is 4. The molecule has 3 aromatic rings. The van der Waals surface area contributed by atoms with Crippen LogP contribution in [0.5, 0.6) is 0 Å². The molecule has 0 bridgehead atoms. The van der Waals surface area contributed by atoms with E-state index >= 15 is 0 Å². The summed E-state index contributed by atoms with van der Waals surface area (Å²) in [6.45, 7) is 4.22.